The number of pyridine rings is 1. The van der Waals surface area contributed by atoms with E-state index < -0.39 is 5.91 Å². The van der Waals surface area contributed by atoms with Crippen LogP contribution in [0.25, 0.3) is 27.7 Å². The van der Waals surface area contributed by atoms with Crippen LogP contribution in [0.1, 0.15) is 52.2 Å². The third kappa shape index (κ3) is 4.64. The lowest BCUT2D eigenvalue weighted by Crippen LogP contribution is -2.39. The first-order valence-corrected chi connectivity index (χ1v) is 13.5. The molecule has 0 atom stereocenters. The fourth-order valence-corrected chi connectivity index (χ4v) is 5.78. The summed E-state index contributed by atoms with van der Waals surface area (Å²) in [6, 6.07) is 14.5. The van der Waals surface area contributed by atoms with Gasteiger partial charge in [-0.25, -0.2) is 4.79 Å². The number of amides is 2. The molecule has 11 heteroatoms. The van der Waals surface area contributed by atoms with Crippen LogP contribution in [0.4, 0.5) is 0 Å². The van der Waals surface area contributed by atoms with Crippen molar-refractivity contribution in [2.75, 3.05) is 0 Å². The summed E-state index contributed by atoms with van der Waals surface area (Å²) in [6.45, 7) is 2.36. The Hall–Kier alpha value is -4.44. The summed E-state index contributed by atoms with van der Waals surface area (Å²) in [5, 5.41) is 7.82. The normalized spacial score (nSPS) is 17.4. The largest absolute Gasteiger partial charge is 0.364 e. The topological polar surface area (TPSA) is 138 Å². The average molecular weight is 559 g/mol. The maximum absolute atomic E-state index is 13.8. The molecule has 1 saturated carbocycles. The molecule has 0 radical (unpaired) electrons. The fraction of sp³-hybridized carbons (Fsp3) is 0.276. The average Bonchev–Trinajstić information content (AvgIpc) is 3.49. The number of nitrogens with one attached hydrogen (secondary N) is 1. The fourth-order valence-electron chi connectivity index (χ4n) is 5.63. The predicted octanol–water partition coefficient (Wildman–Crippen LogP) is 4.38. The third-order valence-electron chi connectivity index (χ3n) is 7.70. The molecule has 1 aliphatic carbocycles. The van der Waals surface area contributed by atoms with Crippen LogP contribution in [0.3, 0.4) is 0 Å². The Morgan fingerprint density at radius 3 is 2.60 bits per heavy atom. The van der Waals surface area contributed by atoms with Gasteiger partial charge in [-0.05, 0) is 68.9 Å². The van der Waals surface area contributed by atoms with Gasteiger partial charge in [-0.2, -0.15) is 0 Å². The lowest BCUT2D eigenvalue weighted by Gasteiger charge is -2.29. The number of carbonyl (C=O) groups is 2. The van der Waals surface area contributed by atoms with Gasteiger partial charge in [0.1, 0.15) is 0 Å². The maximum atomic E-state index is 13.8. The monoisotopic (exact) mass is 558 g/mol. The minimum atomic E-state index is -0.675. The molecule has 0 saturated heterocycles. The van der Waals surface area contributed by atoms with Crippen molar-refractivity contribution in [3.63, 3.8) is 0 Å². The van der Waals surface area contributed by atoms with E-state index in [1.54, 1.807) is 35.8 Å². The number of benzene rings is 2. The number of aryl methyl sites for hydroxylation is 1. The molecule has 3 heterocycles. The molecule has 1 fully saturated rings. The van der Waals surface area contributed by atoms with E-state index in [4.69, 9.17) is 21.9 Å². The van der Waals surface area contributed by atoms with Gasteiger partial charge < -0.3 is 15.6 Å². The molecule has 2 amide bonds. The summed E-state index contributed by atoms with van der Waals surface area (Å²) in [7, 11) is 0. The second-order valence-corrected chi connectivity index (χ2v) is 10.7. The Morgan fingerprint density at radius 1 is 1.10 bits per heavy atom. The molecular weight excluding hydrogens is 532 g/mol. The van der Waals surface area contributed by atoms with E-state index in [-0.39, 0.29) is 29.3 Å². The second-order valence-electron chi connectivity index (χ2n) is 10.3. The highest BCUT2D eigenvalue weighted by Crippen LogP contribution is 2.29. The van der Waals surface area contributed by atoms with Crippen molar-refractivity contribution >= 4 is 45.4 Å². The van der Waals surface area contributed by atoms with E-state index in [1.165, 1.54) is 6.20 Å². The summed E-state index contributed by atoms with van der Waals surface area (Å²) in [6.07, 6.45) is 4.93. The molecule has 10 nitrogen and oxygen atoms in total. The zero-order chi connectivity index (χ0) is 28.0. The van der Waals surface area contributed by atoms with E-state index >= 15 is 0 Å². The molecule has 204 valence electrons. The quantitative estimate of drug-likeness (QED) is 0.317. The van der Waals surface area contributed by atoms with E-state index in [0.29, 0.717) is 39.5 Å². The van der Waals surface area contributed by atoms with Gasteiger partial charge in [-0.15, -0.1) is 0 Å². The van der Waals surface area contributed by atoms with Crippen LogP contribution >= 0.6 is 11.6 Å². The smallest absolute Gasteiger partial charge is 0.333 e. The number of aromatic nitrogens is 4. The number of fused-ring (bicyclic) bond motifs is 2. The molecule has 1 aliphatic rings. The lowest BCUT2D eigenvalue weighted by molar-refractivity contribution is 0.0918. The van der Waals surface area contributed by atoms with Gasteiger partial charge in [0.2, 0.25) is 0 Å². The standard InChI is InChI=1S/C29H27ClN6O4/c1-16-22(12-18(30)14-32-16)28(38)33-19-8-6-17(7-9-19)15-35-23-4-2-3-5-24(23)36(29(35)39)20-10-11-21-25(13-20)40-34-26(21)27(31)37/h2-5,10-14,17,19H,6-9,15H2,1H3,(H2,31,37)(H,33,38)/t17-,19-. The number of nitrogens with two attached hydrogens (primary N) is 1. The third-order valence-corrected chi connectivity index (χ3v) is 7.91. The van der Waals surface area contributed by atoms with E-state index in [1.807, 2.05) is 28.8 Å². The molecule has 5 aromatic rings. The number of halogens is 1. The number of nitrogens with zero attached hydrogens (tertiary/aromatic N) is 4. The summed E-state index contributed by atoms with van der Waals surface area (Å²) in [5.41, 5.74) is 9.01. The number of rotatable bonds is 6. The molecule has 40 heavy (non-hydrogen) atoms. The van der Waals surface area contributed by atoms with Gasteiger partial charge in [0.25, 0.3) is 11.8 Å². The highest BCUT2D eigenvalue weighted by Gasteiger charge is 2.26. The summed E-state index contributed by atoms with van der Waals surface area (Å²) in [5.74, 6) is -0.553. The van der Waals surface area contributed by atoms with Gasteiger partial charge in [0, 0.05) is 24.8 Å². The van der Waals surface area contributed by atoms with Crippen molar-refractivity contribution in [3.8, 4) is 5.69 Å². The molecular formula is C29H27ClN6O4. The van der Waals surface area contributed by atoms with Gasteiger partial charge in [0.05, 0.1) is 38.4 Å². The Bertz CT molecular complexity index is 1830. The molecule has 0 unspecified atom stereocenters. The lowest BCUT2D eigenvalue weighted by atomic mass is 9.85. The summed E-state index contributed by atoms with van der Waals surface area (Å²) < 4.78 is 8.78. The molecule has 0 spiro atoms. The van der Waals surface area contributed by atoms with Crippen LogP contribution in [0.2, 0.25) is 5.02 Å². The van der Waals surface area contributed by atoms with Crippen molar-refractivity contribution in [2.45, 2.75) is 45.2 Å². The number of primary amides is 1. The van der Waals surface area contributed by atoms with Crippen molar-refractivity contribution in [3.05, 3.63) is 87.2 Å². The zero-order valence-corrected chi connectivity index (χ0v) is 22.5. The number of carbonyl (C=O) groups excluding carboxylic acids is 2. The van der Waals surface area contributed by atoms with Gasteiger partial charge in [-0.1, -0.05) is 28.9 Å². The van der Waals surface area contributed by atoms with E-state index in [2.05, 4.69) is 15.5 Å². The summed E-state index contributed by atoms with van der Waals surface area (Å²) >= 11 is 6.04. The maximum Gasteiger partial charge on any atom is 0.333 e. The van der Waals surface area contributed by atoms with Gasteiger partial charge >= 0.3 is 5.69 Å². The van der Waals surface area contributed by atoms with Crippen LogP contribution in [-0.4, -0.2) is 37.1 Å². The molecule has 0 bridgehead atoms. The van der Waals surface area contributed by atoms with Crippen LogP contribution in [0, 0.1) is 12.8 Å². The summed E-state index contributed by atoms with van der Waals surface area (Å²) in [4.78, 5) is 42.4. The zero-order valence-electron chi connectivity index (χ0n) is 21.8. The molecule has 6 rings (SSSR count). The molecule has 2 aromatic carbocycles. The van der Waals surface area contributed by atoms with Crippen LogP contribution in [0.15, 0.2) is 64.0 Å². The minimum Gasteiger partial charge on any atom is -0.364 e. The number of hydrogen-bond acceptors (Lipinski definition) is 6. The van der Waals surface area contributed by atoms with E-state index in [0.717, 1.165) is 36.7 Å². The Kier molecular flexibility index (Phi) is 6.63. The van der Waals surface area contributed by atoms with Crippen molar-refractivity contribution in [2.24, 2.45) is 11.7 Å². The van der Waals surface area contributed by atoms with Crippen LogP contribution < -0.4 is 16.7 Å². The van der Waals surface area contributed by atoms with Crippen molar-refractivity contribution in [1.82, 2.24) is 24.6 Å². The number of imidazole rings is 1. The Labute approximate surface area is 233 Å². The molecule has 3 N–H and O–H groups in total. The van der Waals surface area contributed by atoms with Crippen LogP contribution in [0.5, 0.6) is 0 Å². The Morgan fingerprint density at radius 2 is 1.85 bits per heavy atom. The van der Waals surface area contributed by atoms with Crippen molar-refractivity contribution < 1.29 is 14.1 Å². The van der Waals surface area contributed by atoms with Gasteiger partial charge in [-0.3, -0.25) is 23.7 Å². The number of para-hydroxylation sites is 2. The van der Waals surface area contributed by atoms with Gasteiger partial charge in [0.15, 0.2) is 11.3 Å². The first kappa shape index (κ1) is 25.8. The highest BCUT2D eigenvalue weighted by atomic mass is 35.5. The predicted molar refractivity (Wildman–Crippen MR) is 151 cm³/mol. The first-order chi connectivity index (χ1) is 19.3. The van der Waals surface area contributed by atoms with Crippen molar-refractivity contribution in [1.29, 1.82) is 0 Å². The first-order valence-electron chi connectivity index (χ1n) is 13.1. The second kappa shape index (κ2) is 10.3. The Balaban J connectivity index is 1.21. The molecule has 3 aromatic heterocycles. The molecule has 0 aliphatic heterocycles. The number of hydrogen-bond donors (Lipinski definition) is 2. The van der Waals surface area contributed by atoms with Crippen LogP contribution in [-0.2, 0) is 6.54 Å². The highest BCUT2D eigenvalue weighted by molar-refractivity contribution is 6.30. The minimum absolute atomic E-state index is 0.0547. The van der Waals surface area contributed by atoms with E-state index in [9.17, 15) is 14.4 Å². The SMILES string of the molecule is Cc1ncc(Cl)cc1C(=O)N[C@H]1CC[C@H](Cn2c(=O)n(-c3ccc4c(C(N)=O)noc4c3)c3ccccc32)CC1.